The molecule has 3 rings (SSSR count). The van der Waals surface area contributed by atoms with Gasteiger partial charge in [-0.3, -0.25) is 4.79 Å². The van der Waals surface area contributed by atoms with Crippen LogP contribution in [0.15, 0.2) is 5.38 Å². The molecule has 3 heterocycles. The summed E-state index contributed by atoms with van der Waals surface area (Å²) in [5.74, 6) is 0.549. The van der Waals surface area contributed by atoms with E-state index < -0.39 is 0 Å². The van der Waals surface area contributed by atoms with Crippen LogP contribution in [0.1, 0.15) is 41.2 Å². The molecule has 20 heavy (non-hydrogen) atoms. The van der Waals surface area contributed by atoms with E-state index in [9.17, 15) is 4.79 Å². The molecule has 1 aromatic heterocycles. The highest BCUT2D eigenvalue weighted by Gasteiger charge is 2.38. The number of nitrogens with zero attached hydrogens (tertiary/aromatic N) is 2. The van der Waals surface area contributed by atoms with Crippen LogP contribution in [0.25, 0.3) is 0 Å². The SMILES string of the molecule is CN1C2CCC1CC(CNC(=O)c1csc(CN)n1)C2. The zero-order chi connectivity index (χ0) is 14.1. The highest BCUT2D eigenvalue weighted by atomic mass is 32.1. The molecule has 2 aliphatic heterocycles. The first-order chi connectivity index (χ1) is 9.67. The maximum Gasteiger partial charge on any atom is 0.270 e. The van der Waals surface area contributed by atoms with Crippen molar-refractivity contribution in [2.45, 2.75) is 44.3 Å². The number of amides is 1. The standard InChI is InChI=1S/C14H22N4OS/c1-18-10-2-3-11(18)5-9(4-10)7-16-14(19)12-8-20-13(6-15)17-12/h8-11H,2-7,15H2,1H3,(H,16,19). The average molecular weight is 294 g/mol. The molecule has 2 unspecified atom stereocenters. The molecule has 3 N–H and O–H groups in total. The van der Waals surface area contributed by atoms with Crippen LogP contribution in [0.2, 0.25) is 0 Å². The van der Waals surface area contributed by atoms with Crippen LogP contribution in [0.5, 0.6) is 0 Å². The lowest BCUT2D eigenvalue weighted by Gasteiger charge is -2.36. The summed E-state index contributed by atoms with van der Waals surface area (Å²) in [6.07, 6.45) is 5.05. The second kappa shape index (κ2) is 5.79. The zero-order valence-corrected chi connectivity index (χ0v) is 12.7. The Labute approximate surface area is 123 Å². The van der Waals surface area contributed by atoms with Crippen molar-refractivity contribution in [3.8, 4) is 0 Å². The molecule has 1 amide bonds. The summed E-state index contributed by atoms with van der Waals surface area (Å²) >= 11 is 1.45. The molecule has 0 aliphatic carbocycles. The fourth-order valence-electron chi connectivity index (χ4n) is 3.53. The average Bonchev–Trinajstić information content (AvgIpc) is 2.99. The number of thiazole rings is 1. The summed E-state index contributed by atoms with van der Waals surface area (Å²) in [5, 5.41) is 5.64. The van der Waals surface area contributed by atoms with Gasteiger partial charge < -0.3 is 16.0 Å². The van der Waals surface area contributed by atoms with Crippen LogP contribution in [0, 0.1) is 5.92 Å². The van der Waals surface area contributed by atoms with Gasteiger partial charge in [-0.15, -0.1) is 11.3 Å². The van der Waals surface area contributed by atoms with Crippen LogP contribution < -0.4 is 11.1 Å². The topological polar surface area (TPSA) is 71.2 Å². The summed E-state index contributed by atoms with van der Waals surface area (Å²) in [6.45, 7) is 1.17. The van der Waals surface area contributed by atoms with Gasteiger partial charge in [0.25, 0.3) is 5.91 Å². The van der Waals surface area contributed by atoms with Crippen molar-refractivity contribution in [2.24, 2.45) is 11.7 Å². The largest absolute Gasteiger partial charge is 0.350 e. The predicted molar refractivity (Wildman–Crippen MR) is 79.6 cm³/mol. The number of nitrogens with two attached hydrogens (primary N) is 1. The molecule has 2 saturated heterocycles. The normalized spacial score (nSPS) is 29.6. The molecule has 2 bridgehead atoms. The molecule has 1 aromatic rings. The molecular weight excluding hydrogens is 272 g/mol. The first-order valence-corrected chi connectivity index (χ1v) is 8.20. The third-order valence-corrected chi connectivity index (χ3v) is 5.58. The third kappa shape index (κ3) is 2.73. The maximum absolute atomic E-state index is 12.0. The quantitative estimate of drug-likeness (QED) is 0.875. The van der Waals surface area contributed by atoms with Crippen molar-refractivity contribution < 1.29 is 4.79 Å². The van der Waals surface area contributed by atoms with E-state index in [0.717, 1.165) is 23.6 Å². The molecule has 2 atom stereocenters. The molecule has 0 saturated carbocycles. The van der Waals surface area contributed by atoms with Gasteiger partial charge in [-0.05, 0) is 38.6 Å². The van der Waals surface area contributed by atoms with E-state index in [1.165, 1.54) is 37.0 Å². The Hall–Kier alpha value is -0.980. The second-order valence-electron chi connectivity index (χ2n) is 5.93. The molecular formula is C14H22N4OS. The summed E-state index contributed by atoms with van der Waals surface area (Å²) in [6, 6.07) is 1.44. The Morgan fingerprint density at radius 1 is 1.50 bits per heavy atom. The van der Waals surface area contributed by atoms with Crippen molar-refractivity contribution in [3.63, 3.8) is 0 Å². The maximum atomic E-state index is 12.0. The van der Waals surface area contributed by atoms with Crippen LogP contribution in [-0.2, 0) is 6.54 Å². The van der Waals surface area contributed by atoms with Gasteiger partial charge in [-0.2, -0.15) is 0 Å². The Balaban J connectivity index is 1.51. The van der Waals surface area contributed by atoms with Crippen molar-refractivity contribution in [1.82, 2.24) is 15.2 Å². The first-order valence-electron chi connectivity index (χ1n) is 7.32. The molecule has 5 nitrogen and oxygen atoms in total. The van der Waals surface area contributed by atoms with Gasteiger partial charge in [0, 0.05) is 30.6 Å². The zero-order valence-electron chi connectivity index (χ0n) is 11.8. The van der Waals surface area contributed by atoms with E-state index in [-0.39, 0.29) is 5.91 Å². The van der Waals surface area contributed by atoms with Crippen molar-refractivity contribution in [1.29, 1.82) is 0 Å². The van der Waals surface area contributed by atoms with Gasteiger partial charge in [0.1, 0.15) is 10.7 Å². The van der Waals surface area contributed by atoms with Gasteiger partial charge in [0.05, 0.1) is 0 Å². The Kier molecular flexibility index (Phi) is 4.05. The van der Waals surface area contributed by atoms with E-state index in [1.807, 2.05) is 0 Å². The lowest BCUT2D eigenvalue weighted by atomic mass is 9.91. The highest BCUT2D eigenvalue weighted by Crippen LogP contribution is 2.36. The second-order valence-corrected chi connectivity index (χ2v) is 6.87. The first kappa shape index (κ1) is 14.0. The number of fused-ring (bicyclic) bond motifs is 2. The van der Waals surface area contributed by atoms with Gasteiger partial charge >= 0.3 is 0 Å². The summed E-state index contributed by atoms with van der Waals surface area (Å²) in [7, 11) is 2.24. The number of piperidine rings is 1. The molecule has 6 heteroatoms. The number of aromatic nitrogens is 1. The predicted octanol–water partition coefficient (Wildman–Crippen LogP) is 1.20. The Bertz CT molecular complexity index is 475. The van der Waals surface area contributed by atoms with Gasteiger partial charge in [0.15, 0.2) is 0 Å². The van der Waals surface area contributed by atoms with E-state index in [4.69, 9.17) is 5.73 Å². The Morgan fingerprint density at radius 2 is 2.20 bits per heavy atom. The van der Waals surface area contributed by atoms with E-state index >= 15 is 0 Å². The van der Waals surface area contributed by atoms with Gasteiger partial charge in [0.2, 0.25) is 0 Å². The summed E-state index contributed by atoms with van der Waals surface area (Å²) < 4.78 is 0. The van der Waals surface area contributed by atoms with Crippen molar-refractivity contribution in [3.05, 3.63) is 16.1 Å². The minimum absolute atomic E-state index is 0.0628. The fraction of sp³-hybridized carbons (Fsp3) is 0.714. The van der Waals surface area contributed by atoms with Crippen molar-refractivity contribution in [2.75, 3.05) is 13.6 Å². The lowest BCUT2D eigenvalue weighted by Crippen LogP contribution is -2.43. The summed E-state index contributed by atoms with van der Waals surface area (Å²) in [5.41, 5.74) is 6.02. The number of carbonyl (C=O) groups excluding carboxylic acids is 1. The molecule has 110 valence electrons. The molecule has 2 fully saturated rings. The summed E-state index contributed by atoms with van der Waals surface area (Å²) in [4.78, 5) is 18.8. The third-order valence-electron chi connectivity index (χ3n) is 4.71. The number of carbonyl (C=O) groups is 1. The highest BCUT2D eigenvalue weighted by molar-refractivity contribution is 7.09. The number of nitrogens with one attached hydrogen (secondary N) is 1. The van der Waals surface area contributed by atoms with Crippen LogP contribution in [-0.4, -0.2) is 41.5 Å². The lowest BCUT2D eigenvalue weighted by molar-refractivity contribution is 0.0913. The van der Waals surface area contributed by atoms with Crippen LogP contribution in [0.3, 0.4) is 0 Å². The Morgan fingerprint density at radius 3 is 2.80 bits per heavy atom. The van der Waals surface area contributed by atoms with Gasteiger partial charge in [-0.1, -0.05) is 0 Å². The molecule has 2 aliphatic rings. The monoisotopic (exact) mass is 294 g/mol. The van der Waals surface area contributed by atoms with Gasteiger partial charge in [-0.25, -0.2) is 4.98 Å². The molecule has 0 aromatic carbocycles. The van der Waals surface area contributed by atoms with Crippen LogP contribution in [0.4, 0.5) is 0 Å². The van der Waals surface area contributed by atoms with E-state index in [1.54, 1.807) is 5.38 Å². The van der Waals surface area contributed by atoms with E-state index in [0.29, 0.717) is 18.2 Å². The minimum atomic E-state index is -0.0628. The number of hydrogen-bond donors (Lipinski definition) is 2. The smallest absolute Gasteiger partial charge is 0.270 e. The molecule has 0 spiro atoms. The van der Waals surface area contributed by atoms with E-state index in [2.05, 4.69) is 22.2 Å². The number of hydrogen-bond acceptors (Lipinski definition) is 5. The van der Waals surface area contributed by atoms with Crippen LogP contribution >= 0.6 is 11.3 Å². The fourth-order valence-corrected chi connectivity index (χ4v) is 4.18. The van der Waals surface area contributed by atoms with Crippen molar-refractivity contribution >= 4 is 17.2 Å². The minimum Gasteiger partial charge on any atom is -0.350 e. The molecule has 0 radical (unpaired) electrons. The number of rotatable bonds is 4.